The van der Waals surface area contributed by atoms with Crippen LogP contribution in [0.5, 0.6) is 0 Å². The molecule has 0 bridgehead atoms. The largest absolute Gasteiger partial charge is 0.408 e. The number of nitrogens with one attached hydrogen (secondary N) is 1. The highest BCUT2D eigenvalue weighted by Gasteiger charge is 2.31. The minimum Gasteiger partial charge on any atom is -0.408 e. The Labute approximate surface area is 83.1 Å². The monoisotopic (exact) mass is 193 g/mol. The summed E-state index contributed by atoms with van der Waals surface area (Å²) in [4.78, 5) is 0. The van der Waals surface area contributed by atoms with E-state index in [1.54, 1.807) is 0 Å². The van der Waals surface area contributed by atoms with Gasteiger partial charge in [0.25, 0.3) is 0 Å². The van der Waals surface area contributed by atoms with Gasteiger partial charge in [0.05, 0.1) is 0 Å². The Morgan fingerprint density at radius 3 is 2.64 bits per heavy atom. The summed E-state index contributed by atoms with van der Waals surface area (Å²) < 4.78 is 5.53. The fourth-order valence-corrected chi connectivity index (χ4v) is 1.83. The number of hydrogen-bond donors (Lipinski definition) is 1. The highest BCUT2D eigenvalue weighted by Crippen LogP contribution is 2.39. The molecule has 2 fully saturated rings. The predicted octanol–water partition coefficient (Wildman–Crippen LogP) is 2.16. The van der Waals surface area contributed by atoms with Crippen molar-refractivity contribution in [1.29, 1.82) is 0 Å². The van der Waals surface area contributed by atoms with E-state index in [0.29, 0.717) is 18.0 Å². The van der Waals surface area contributed by atoms with Gasteiger partial charge in [0.1, 0.15) is 0 Å². The van der Waals surface area contributed by atoms with E-state index in [9.17, 15) is 0 Å². The molecule has 0 spiro atoms. The van der Waals surface area contributed by atoms with Gasteiger partial charge in [-0.3, -0.25) is 0 Å². The Morgan fingerprint density at radius 1 is 1.21 bits per heavy atom. The lowest BCUT2D eigenvalue weighted by Crippen LogP contribution is -2.36. The van der Waals surface area contributed by atoms with E-state index in [-0.39, 0.29) is 0 Å². The number of rotatable bonds is 3. The van der Waals surface area contributed by atoms with Gasteiger partial charge in [0.15, 0.2) is 0 Å². The summed E-state index contributed by atoms with van der Waals surface area (Å²) in [5, 5.41) is 11.3. The van der Waals surface area contributed by atoms with Crippen LogP contribution in [0.3, 0.4) is 0 Å². The SMILES string of the molecule is CC1CCC1Nc1nnc(C2CC2)o1. The molecule has 1 N–H and O–H groups in total. The molecule has 0 aromatic carbocycles. The third-order valence-electron chi connectivity index (χ3n) is 3.30. The highest BCUT2D eigenvalue weighted by atomic mass is 16.4. The van der Waals surface area contributed by atoms with Gasteiger partial charge in [-0.25, -0.2) is 0 Å². The van der Waals surface area contributed by atoms with Crippen LogP contribution in [0.4, 0.5) is 6.01 Å². The fraction of sp³-hybridized carbons (Fsp3) is 0.800. The van der Waals surface area contributed by atoms with E-state index in [1.807, 2.05) is 0 Å². The third-order valence-corrected chi connectivity index (χ3v) is 3.30. The molecular weight excluding hydrogens is 178 g/mol. The Kier molecular flexibility index (Phi) is 1.75. The number of anilines is 1. The molecule has 0 amide bonds. The molecule has 3 rings (SSSR count). The average molecular weight is 193 g/mol. The molecule has 1 aromatic heterocycles. The summed E-state index contributed by atoms with van der Waals surface area (Å²) in [6, 6.07) is 1.16. The topological polar surface area (TPSA) is 51.0 Å². The minimum atomic E-state index is 0.544. The van der Waals surface area contributed by atoms with Crippen LogP contribution in [0.15, 0.2) is 4.42 Å². The van der Waals surface area contributed by atoms with E-state index in [0.717, 1.165) is 11.8 Å². The van der Waals surface area contributed by atoms with E-state index in [1.165, 1.54) is 25.7 Å². The molecule has 76 valence electrons. The summed E-state index contributed by atoms with van der Waals surface area (Å²) in [6.45, 7) is 2.25. The first-order valence-corrected chi connectivity index (χ1v) is 5.43. The Bertz CT molecular complexity index is 332. The van der Waals surface area contributed by atoms with E-state index < -0.39 is 0 Å². The molecule has 1 aromatic rings. The van der Waals surface area contributed by atoms with Crippen molar-refractivity contribution in [2.45, 2.75) is 44.6 Å². The standard InChI is InChI=1S/C10H15N3O/c1-6-2-5-8(6)11-10-13-12-9(14-10)7-3-4-7/h6-8H,2-5H2,1H3,(H,11,13). The van der Waals surface area contributed by atoms with Crippen molar-refractivity contribution in [3.05, 3.63) is 5.89 Å². The molecule has 0 aliphatic heterocycles. The molecule has 4 heteroatoms. The van der Waals surface area contributed by atoms with Crippen LogP contribution in [0.1, 0.15) is 44.4 Å². The van der Waals surface area contributed by atoms with E-state index in [2.05, 4.69) is 22.4 Å². The highest BCUT2D eigenvalue weighted by molar-refractivity contribution is 5.22. The van der Waals surface area contributed by atoms with Crippen LogP contribution in [-0.4, -0.2) is 16.2 Å². The predicted molar refractivity (Wildman–Crippen MR) is 52.1 cm³/mol. The van der Waals surface area contributed by atoms with Gasteiger partial charge in [0.2, 0.25) is 5.89 Å². The molecule has 0 radical (unpaired) electrons. The Balaban J connectivity index is 1.64. The second kappa shape index (κ2) is 2.97. The molecule has 2 unspecified atom stereocenters. The van der Waals surface area contributed by atoms with Crippen LogP contribution in [-0.2, 0) is 0 Å². The van der Waals surface area contributed by atoms with Crippen LogP contribution in [0.2, 0.25) is 0 Å². The number of hydrogen-bond acceptors (Lipinski definition) is 4. The van der Waals surface area contributed by atoms with Crippen molar-refractivity contribution >= 4 is 6.01 Å². The van der Waals surface area contributed by atoms with Crippen molar-refractivity contribution in [3.63, 3.8) is 0 Å². The minimum absolute atomic E-state index is 0.544. The van der Waals surface area contributed by atoms with Crippen molar-refractivity contribution in [2.24, 2.45) is 5.92 Å². The smallest absolute Gasteiger partial charge is 0.315 e. The summed E-state index contributed by atoms with van der Waals surface area (Å²) in [6.07, 6.45) is 4.95. The molecule has 4 nitrogen and oxygen atoms in total. The maximum Gasteiger partial charge on any atom is 0.315 e. The molecule has 14 heavy (non-hydrogen) atoms. The lowest BCUT2D eigenvalue weighted by atomic mass is 9.81. The van der Waals surface area contributed by atoms with Crippen LogP contribution < -0.4 is 5.32 Å². The normalized spacial score (nSPS) is 31.2. The zero-order valence-corrected chi connectivity index (χ0v) is 8.36. The van der Waals surface area contributed by atoms with E-state index >= 15 is 0 Å². The molecule has 2 aliphatic rings. The maximum absolute atomic E-state index is 5.53. The van der Waals surface area contributed by atoms with Crippen molar-refractivity contribution in [3.8, 4) is 0 Å². The first-order valence-electron chi connectivity index (χ1n) is 5.43. The molecular formula is C10H15N3O. The number of aromatic nitrogens is 2. The molecule has 1 heterocycles. The Morgan fingerprint density at radius 2 is 2.07 bits per heavy atom. The second-order valence-electron chi connectivity index (χ2n) is 4.53. The second-order valence-corrected chi connectivity index (χ2v) is 4.53. The molecule has 2 atom stereocenters. The molecule has 0 saturated heterocycles. The van der Waals surface area contributed by atoms with Gasteiger partial charge in [-0.05, 0) is 31.6 Å². The van der Waals surface area contributed by atoms with Crippen molar-refractivity contribution < 1.29 is 4.42 Å². The van der Waals surface area contributed by atoms with Gasteiger partial charge < -0.3 is 9.73 Å². The summed E-state index contributed by atoms with van der Waals surface area (Å²) in [5.41, 5.74) is 0. The van der Waals surface area contributed by atoms with Gasteiger partial charge in [-0.1, -0.05) is 12.0 Å². The van der Waals surface area contributed by atoms with Crippen molar-refractivity contribution in [2.75, 3.05) is 5.32 Å². The quantitative estimate of drug-likeness (QED) is 0.799. The first-order chi connectivity index (χ1) is 6.83. The number of nitrogens with zero attached hydrogens (tertiary/aromatic N) is 2. The lowest BCUT2D eigenvalue weighted by molar-refractivity contribution is 0.297. The van der Waals surface area contributed by atoms with Crippen molar-refractivity contribution in [1.82, 2.24) is 10.2 Å². The lowest BCUT2D eigenvalue weighted by Gasteiger charge is -2.33. The summed E-state index contributed by atoms with van der Waals surface area (Å²) in [5.74, 6) is 2.11. The maximum atomic E-state index is 5.53. The summed E-state index contributed by atoms with van der Waals surface area (Å²) >= 11 is 0. The van der Waals surface area contributed by atoms with Gasteiger partial charge in [0, 0.05) is 12.0 Å². The van der Waals surface area contributed by atoms with Crippen LogP contribution in [0.25, 0.3) is 0 Å². The molecule has 2 aliphatic carbocycles. The van der Waals surface area contributed by atoms with Crippen LogP contribution in [0, 0.1) is 5.92 Å². The Hall–Kier alpha value is -1.06. The third kappa shape index (κ3) is 1.38. The summed E-state index contributed by atoms with van der Waals surface area (Å²) in [7, 11) is 0. The van der Waals surface area contributed by atoms with Gasteiger partial charge >= 0.3 is 6.01 Å². The zero-order chi connectivity index (χ0) is 9.54. The van der Waals surface area contributed by atoms with Gasteiger partial charge in [-0.2, -0.15) is 0 Å². The average Bonchev–Trinajstić information content (AvgIpc) is 2.93. The van der Waals surface area contributed by atoms with E-state index in [4.69, 9.17) is 4.42 Å². The van der Waals surface area contributed by atoms with Crippen LogP contribution >= 0.6 is 0 Å². The van der Waals surface area contributed by atoms with Gasteiger partial charge in [-0.15, -0.1) is 5.10 Å². The fourth-order valence-electron chi connectivity index (χ4n) is 1.83. The zero-order valence-electron chi connectivity index (χ0n) is 8.36. The molecule has 2 saturated carbocycles. The first kappa shape index (κ1) is 8.26.